The number of likely N-dealkylation sites (N-methyl/N-ethyl adjacent to an activating group) is 1. The van der Waals surface area contributed by atoms with Gasteiger partial charge in [0.2, 0.25) is 0 Å². The van der Waals surface area contributed by atoms with Gasteiger partial charge in [0.25, 0.3) is 5.91 Å². The van der Waals surface area contributed by atoms with E-state index < -0.39 is 21.8 Å². The lowest BCUT2D eigenvalue weighted by atomic mass is 10.1. The van der Waals surface area contributed by atoms with Crippen LogP contribution >= 0.6 is 0 Å². The summed E-state index contributed by atoms with van der Waals surface area (Å²) in [6.45, 7) is 2.55. The fourth-order valence-corrected chi connectivity index (χ4v) is 3.20. The molecule has 0 saturated carbocycles. The highest BCUT2D eigenvalue weighted by Crippen LogP contribution is 2.30. The number of rotatable bonds is 10. The van der Waals surface area contributed by atoms with E-state index in [4.69, 9.17) is 8.92 Å². The second-order valence-corrected chi connectivity index (χ2v) is 8.78. The van der Waals surface area contributed by atoms with Gasteiger partial charge in [-0.2, -0.15) is 8.42 Å². The Kier molecular flexibility index (Phi) is 8.19. The molecule has 0 saturated heterocycles. The molecule has 1 amide bonds. The molecule has 164 valence electrons. The van der Waals surface area contributed by atoms with Crippen molar-refractivity contribution in [1.29, 1.82) is 0 Å². The molecular weight excluding hydrogens is 411 g/mol. The first-order chi connectivity index (χ1) is 14.2. The van der Waals surface area contributed by atoms with Gasteiger partial charge in [0.05, 0.1) is 18.4 Å². The van der Waals surface area contributed by atoms with Gasteiger partial charge in [0.15, 0.2) is 11.5 Å². The van der Waals surface area contributed by atoms with Crippen molar-refractivity contribution in [3.8, 4) is 11.5 Å². The van der Waals surface area contributed by atoms with Gasteiger partial charge in [-0.05, 0) is 50.8 Å². The van der Waals surface area contributed by atoms with Crippen molar-refractivity contribution < 1.29 is 26.5 Å². The summed E-state index contributed by atoms with van der Waals surface area (Å²) in [6, 6.07) is 10.6. The van der Waals surface area contributed by atoms with Crippen LogP contribution in [0.1, 0.15) is 22.8 Å². The number of ether oxygens (including phenoxy) is 1. The van der Waals surface area contributed by atoms with Crippen LogP contribution in [0.3, 0.4) is 0 Å². The Labute approximate surface area is 177 Å². The van der Waals surface area contributed by atoms with Crippen LogP contribution in [-0.2, 0) is 16.7 Å². The van der Waals surface area contributed by atoms with Crippen molar-refractivity contribution in [3.63, 3.8) is 0 Å². The zero-order valence-electron chi connectivity index (χ0n) is 17.6. The minimum Gasteiger partial charge on any atom is -0.493 e. The minimum absolute atomic E-state index is 0.0187. The van der Waals surface area contributed by atoms with Crippen molar-refractivity contribution in [2.45, 2.75) is 13.5 Å². The number of carbonyl (C=O) groups excluding carboxylic acids is 1. The van der Waals surface area contributed by atoms with Crippen molar-refractivity contribution >= 4 is 16.0 Å². The first-order valence-corrected chi connectivity index (χ1v) is 11.0. The number of methoxy groups -OCH3 is 1. The molecule has 0 atom stereocenters. The van der Waals surface area contributed by atoms with Crippen molar-refractivity contribution in [1.82, 2.24) is 9.80 Å². The molecule has 0 radical (unpaired) electrons. The SMILES string of the molecule is CCS(=O)(=O)Oc1cc(CN(CCN(C)C)C(=O)c2ccccc2F)ccc1OC. The van der Waals surface area contributed by atoms with Crippen molar-refractivity contribution in [2.24, 2.45) is 0 Å². The quantitative estimate of drug-likeness (QED) is 0.531. The van der Waals surface area contributed by atoms with Crippen LogP contribution in [0.15, 0.2) is 42.5 Å². The maximum atomic E-state index is 14.2. The number of amides is 1. The van der Waals surface area contributed by atoms with Crippen LogP contribution in [-0.4, -0.2) is 64.2 Å². The zero-order chi connectivity index (χ0) is 22.3. The Bertz CT molecular complexity index is 979. The van der Waals surface area contributed by atoms with E-state index in [1.54, 1.807) is 18.2 Å². The number of nitrogens with zero attached hydrogens (tertiary/aromatic N) is 2. The average molecular weight is 439 g/mol. The summed E-state index contributed by atoms with van der Waals surface area (Å²) < 4.78 is 48.3. The fourth-order valence-electron chi connectivity index (χ4n) is 2.68. The molecule has 2 aromatic carbocycles. The fraction of sp³-hybridized carbons (Fsp3) is 0.381. The summed E-state index contributed by atoms with van der Waals surface area (Å²) in [7, 11) is 1.41. The Morgan fingerprint density at radius 2 is 1.77 bits per heavy atom. The van der Waals surface area contributed by atoms with Crippen LogP contribution < -0.4 is 8.92 Å². The van der Waals surface area contributed by atoms with E-state index in [1.165, 1.54) is 43.2 Å². The Balaban J connectivity index is 2.35. The molecule has 0 aromatic heterocycles. The molecule has 0 heterocycles. The first kappa shape index (κ1) is 23.6. The second kappa shape index (κ2) is 10.4. The van der Waals surface area contributed by atoms with Crippen LogP contribution in [0.25, 0.3) is 0 Å². The molecule has 7 nitrogen and oxygen atoms in total. The van der Waals surface area contributed by atoms with E-state index in [1.807, 2.05) is 19.0 Å². The molecule has 30 heavy (non-hydrogen) atoms. The van der Waals surface area contributed by atoms with Gasteiger partial charge in [0, 0.05) is 19.6 Å². The van der Waals surface area contributed by atoms with Gasteiger partial charge in [-0.25, -0.2) is 4.39 Å². The molecular formula is C21H27FN2O5S. The van der Waals surface area contributed by atoms with E-state index >= 15 is 0 Å². The third-order valence-electron chi connectivity index (χ3n) is 4.38. The van der Waals surface area contributed by atoms with Crippen molar-refractivity contribution in [3.05, 3.63) is 59.4 Å². The molecule has 2 aromatic rings. The lowest BCUT2D eigenvalue weighted by Crippen LogP contribution is -2.36. The summed E-state index contributed by atoms with van der Waals surface area (Å²) in [4.78, 5) is 16.4. The molecule has 0 bridgehead atoms. The number of hydrogen-bond donors (Lipinski definition) is 0. The van der Waals surface area contributed by atoms with Gasteiger partial charge >= 0.3 is 10.1 Å². The van der Waals surface area contributed by atoms with E-state index in [0.29, 0.717) is 18.7 Å². The van der Waals surface area contributed by atoms with E-state index in [0.717, 1.165) is 0 Å². The molecule has 0 aliphatic rings. The molecule has 0 aliphatic carbocycles. The minimum atomic E-state index is -3.75. The lowest BCUT2D eigenvalue weighted by Gasteiger charge is -2.25. The van der Waals surface area contributed by atoms with Gasteiger partial charge in [-0.1, -0.05) is 18.2 Å². The lowest BCUT2D eigenvalue weighted by molar-refractivity contribution is 0.0727. The molecule has 0 fully saturated rings. The predicted molar refractivity (Wildman–Crippen MR) is 113 cm³/mol. The van der Waals surface area contributed by atoms with Gasteiger partial charge in [0.1, 0.15) is 5.82 Å². The van der Waals surface area contributed by atoms with Crippen molar-refractivity contribution in [2.75, 3.05) is 40.0 Å². The van der Waals surface area contributed by atoms with Crippen LogP contribution in [0, 0.1) is 5.82 Å². The molecule has 9 heteroatoms. The summed E-state index contributed by atoms with van der Waals surface area (Å²) >= 11 is 0. The molecule has 0 N–H and O–H groups in total. The average Bonchev–Trinajstić information content (AvgIpc) is 2.70. The van der Waals surface area contributed by atoms with Gasteiger partial charge < -0.3 is 18.7 Å². The van der Waals surface area contributed by atoms with E-state index in [-0.39, 0.29) is 29.4 Å². The Morgan fingerprint density at radius 3 is 2.37 bits per heavy atom. The number of benzene rings is 2. The largest absolute Gasteiger partial charge is 0.493 e. The second-order valence-electron chi connectivity index (χ2n) is 6.92. The van der Waals surface area contributed by atoms with Crippen LogP contribution in [0.2, 0.25) is 0 Å². The van der Waals surface area contributed by atoms with Gasteiger partial charge in [-0.15, -0.1) is 0 Å². The summed E-state index contributed by atoms with van der Waals surface area (Å²) in [6.07, 6.45) is 0. The number of hydrogen-bond acceptors (Lipinski definition) is 6. The molecule has 0 unspecified atom stereocenters. The Hall–Kier alpha value is -2.65. The maximum Gasteiger partial charge on any atom is 0.309 e. The Morgan fingerprint density at radius 1 is 1.07 bits per heavy atom. The van der Waals surface area contributed by atoms with Crippen LogP contribution in [0.5, 0.6) is 11.5 Å². The third kappa shape index (κ3) is 6.43. The predicted octanol–water partition coefficient (Wildman–Crippen LogP) is 2.77. The van der Waals surface area contributed by atoms with E-state index in [2.05, 4.69) is 0 Å². The monoisotopic (exact) mass is 438 g/mol. The molecule has 2 rings (SSSR count). The normalized spacial score (nSPS) is 11.4. The first-order valence-electron chi connectivity index (χ1n) is 9.44. The molecule has 0 aliphatic heterocycles. The zero-order valence-corrected chi connectivity index (χ0v) is 18.4. The van der Waals surface area contributed by atoms with E-state index in [9.17, 15) is 17.6 Å². The summed E-state index contributed by atoms with van der Waals surface area (Å²) in [5.74, 6) is -0.931. The van der Waals surface area contributed by atoms with Crippen LogP contribution in [0.4, 0.5) is 4.39 Å². The smallest absolute Gasteiger partial charge is 0.309 e. The summed E-state index contributed by atoms with van der Waals surface area (Å²) in [5.41, 5.74) is 0.607. The number of halogens is 1. The molecule has 0 spiro atoms. The maximum absolute atomic E-state index is 14.2. The number of carbonyl (C=O) groups is 1. The highest BCUT2D eigenvalue weighted by molar-refractivity contribution is 7.87. The standard InChI is InChI=1S/C21H27FN2O5S/c1-5-30(26,27)29-20-14-16(10-11-19(20)28-4)15-24(13-12-23(2)3)21(25)17-8-6-7-9-18(17)22/h6-11,14H,5,12-13,15H2,1-4H3. The third-order valence-corrected chi connectivity index (χ3v) is 5.52. The summed E-state index contributed by atoms with van der Waals surface area (Å²) in [5, 5.41) is 0. The highest BCUT2D eigenvalue weighted by atomic mass is 32.2. The van der Waals surface area contributed by atoms with Gasteiger partial charge in [-0.3, -0.25) is 4.79 Å². The topological polar surface area (TPSA) is 76.2 Å². The highest BCUT2D eigenvalue weighted by Gasteiger charge is 2.21.